The summed E-state index contributed by atoms with van der Waals surface area (Å²) >= 11 is 0. The van der Waals surface area contributed by atoms with Crippen molar-refractivity contribution in [1.82, 2.24) is 10.1 Å². The number of hydrogen-bond acceptors (Lipinski definition) is 5. The van der Waals surface area contributed by atoms with Gasteiger partial charge in [-0.3, -0.25) is 9.59 Å². The van der Waals surface area contributed by atoms with Gasteiger partial charge in [-0.1, -0.05) is 17.3 Å². The Bertz CT molecular complexity index is 696. The highest BCUT2D eigenvalue weighted by Crippen LogP contribution is 2.22. The lowest BCUT2D eigenvalue weighted by molar-refractivity contribution is -0.116. The third-order valence-electron chi connectivity index (χ3n) is 3.22. The van der Waals surface area contributed by atoms with E-state index in [-0.39, 0.29) is 24.1 Å². The first kappa shape index (κ1) is 16.5. The third kappa shape index (κ3) is 4.09. The summed E-state index contributed by atoms with van der Waals surface area (Å²) in [7, 11) is 1.53. The highest BCUT2D eigenvalue weighted by molar-refractivity contribution is 5.98. The Labute approximate surface area is 134 Å². The van der Waals surface area contributed by atoms with Crippen molar-refractivity contribution in [3.05, 3.63) is 41.8 Å². The average molecular weight is 317 g/mol. The molecule has 1 aromatic carbocycles. The van der Waals surface area contributed by atoms with E-state index >= 15 is 0 Å². The molecule has 0 fully saturated rings. The molecule has 7 nitrogen and oxygen atoms in total. The number of amides is 2. The predicted octanol–water partition coefficient (Wildman–Crippen LogP) is 2.09. The van der Waals surface area contributed by atoms with E-state index in [0.29, 0.717) is 23.7 Å². The molecule has 0 saturated carbocycles. The molecule has 0 spiro atoms. The van der Waals surface area contributed by atoms with E-state index in [1.807, 2.05) is 6.07 Å². The topological polar surface area (TPSA) is 84.7 Å². The zero-order valence-electron chi connectivity index (χ0n) is 13.3. The molecule has 0 bridgehead atoms. The van der Waals surface area contributed by atoms with Crippen molar-refractivity contribution in [3.8, 4) is 5.75 Å². The number of rotatable bonds is 6. The van der Waals surface area contributed by atoms with Crippen LogP contribution in [0.1, 0.15) is 23.2 Å². The van der Waals surface area contributed by atoms with Gasteiger partial charge in [0.15, 0.2) is 0 Å². The first-order chi connectivity index (χ1) is 11.0. The van der Waals surface area contributed by atoms with Crippen LogP contribution in [0.25, 0.3) is 0 Å². The molecule has 0 atom stereocenters. The normalized spacial score (nSPS) is 10.2. The van der Waals surface area contributed by atoms with Gasteiger partial charge in [0.1, 0.15) is 12.3 Å². The molecule has 0 unspecified atom stereocenters. The quantitative estimate of drug-likeness (QED) is 0.882. The second-order valence-electron chi connectivity index (χ2n) is 4.90. The lowest BCUT2D eigenvalue weighted by Gasteiger charge is -2.19. The minimum atomic E-state index is -0.372. The van der Waals surface area contributed by atoms with Crippen LogP contribution in [0.4, 0.5) is 5.69 Å². The maximum Gasteiger partial charge on any atom is 0.292 e. The Morgan fingerprint density at radius 3 is 2.70 bits per heavy atom. The van der Waals surface area contributed by atoms with E-state index < -0.39 is 0 Å². The number of aromatic nitrogens is 1. The summed E-state index contributed by atoms with van der Waals surface area (Å²) in [5.74, 6) is -0.0141. The summed E-state index contributed by atoms with van der Waals surface area (Å²) in [6, 6.07) is 8.62. The van der Waals surface area contributed by atoms with Crippen LogP contribution in [0, 0.1) is 6.92 Å². The zero-order valence-corrected chi connectivity index (χ0v) is 13.3. The number of carbonyl (C=O) groups excluding carboxylic acids is 2. The van der Waals surface area contributed by atoms with Crippen molar-refractivity contribution in [2.24, 2.45) is 0 Å². The van der Waals surface area contributed by atoms with Crippen LogP contribution in [-0.4, -0.2) is 42.1 Å². The van der Waals surface area contributed by atoms with Gasteiger partial charge in [-0.25, -0.2) is 0 Å². The molecule has 0 aliphatic heterocycles. The summed E-state index contributed by atoms with van der Waals surface area (Å²) < 4.78 is 10.1. The SMILES string of the molecule is CCN(CC(=O)Nc1ccccc1OC)C(=O)c1cc(C)no1. The van der Waals surface area contributed by atoms with Crippen molar-refractivity contribution in [2.75, 3.05) is 25.5 Å². The molecule has 2 rings (SSSR count). The van der Waals surface area contributed by atoms with Crippen molar-refractivity contribution in [1.29, 1.82) is 0 Å². The Hall–Kier alpha value is -2.83. The van der Waals surface area contributed by atoms with Gasteiger partial charge in [0, 0.05) is 12.6 Å². The monoisotopic (exact) mass is 317 g/mol. The minimum absolute atomic E-state index is 0.0901. The van der Waals surface area contributed by atoms with Crippen LogP contribution in [-0.2, 0) is 4.79 Å². The molecular formula is C16H19N3O4. The number of benzene rings is 1. The van der Waals surface area contributed by atoms with Crippen molar-refractivity contribution >= 4 is 17.5 Å². The Morgan fingerprint density at radius 2 is 2.09 bits per heavy atom. The smallest absolute Gasteiger partial charge is 0.292 e. The lowest BCUT2D eigenvalue weighted by atomic mass is 10.3. The average Bonchev–Trinajstić information content (AvgIpc) is 2.99. The number of hydrogen-bond donors (Lipinski definition) is 1. The highest BCUT2D eigenvalue weighted by atomic mass is 16.5. The molecule has 2 aromatic rings. The molecule has 2 amide bonds. The van der Waals surface area contributed by atoms with Gasteiger partial charge in [-0.2, -0.15) is 0 Å². The van der Waals surface area contributed by atoms with Gasteiger partial charge in [0.2, 0.25) is 11.7 Å². The number of aryl methyl sites for hydroxylation is 1. The van der Waals surface area contributed by atoms with Crippen LogP contribution in [0.2, 0.25) is 0 Å². The molecule has 1 N–H and O–H groups in total. The number of para-hydroxylation sites is 2. The summed E-state index contributed by atoms with van der Waals surface area (Å²) in [6.07, 6.45) is 0. The van der Waals surface area contributed by atoms with E-state index in [1.54, 1.807) is 38.1 Å². The van der Waals surface area contributed by atoms with Gasteiger partial charge in [0.05, 0.1) is 18.5 Å². The number of carbonyl (C=O) groups is 2. The molecule has 0 aliphatic rings. The maximum absolute atomic E-state index is 12.3. The highest BCUT2D eigenvalue weighted by Gasteiger charge is 2.21. The number of anilines is 1. The van der Waals surface area contributed by atoms with Crippen molar-refractivity contribution in [3.63, 3.8) is 0 Å². The lowest BCUT2D eigenvalue weighted by Crippen LogP contribution is -2.37. The Morgan fingerprint density at radius 1 is 1.35 bits per heavy atom. The van der Waals surface area contributed by atoms with Crippen LogP contribution in [0.15, 0.2) is 34.9 Å². The summed E-state index contributed by atoms with van der Waals surface area (Å²) in [4.78, 5) is 25.9. The fraction of sp³-hybridized carbons (Fsp3) is 0.312. The standard InChI is InChI=1S/C16H19N3O4/c1-4-19(16(21)14-9-11(2)18-23-14)10-15(20)17-12-7-5-6-8-13(12)22-3/h5-9H,4,10H2,1-3H3,(H,17,20). The number of nitrogens with zero attached hydrogens (tertiary/aromatic N) is 2. The Balaban J connectivity index is 2.03. The largest absolute Gasteiger partial charge is 0.495 e. The molecule has 122 valence electrons. The van der Waals surface area contributed by atoms with E-state index in [0.717, 1.165) is 0 Å². The molecule has 0 saturated heterocycles. The molecule has 7 heteroatoms. The van der Waals surface area contributed by atoms with Crippen LogP contribution >= 0.6 is 0 Å². The van der Waals surface area contributed by atoms with E-state index in [2.05, 4.69) is 10.5 Å². The number of likely N-dealkylation sites (N-methyl/N-ethyl adjacent to an activating group) is 1. The molecule has 1 aromatic heterocycles. The predicted molar refractivity (Wildman–Crippen MR) is 84.4 cm³/mol. The van der Waals surface area contributed by atoms with Crippen LogP contribution in [0.3, 0.4) is 0 Å². The maximum atomic E-state index is 12.3. The van der Waals surface area contributed by atoms with Crippen molar-refractivity contribution in [2.45, 2.75) is 13.8 Å². The van der Waals surface area contributed by atoms with E-state index in [4.69, 9.17) is 9.26 Å². The van der Waals surface area contributed by atoms with E-state index in [1.165, 1.54) is 12.0 Å². The molecule has 0 radical (unpaired) electrons. The van der Waals surface area contributed by atoms with Gasteiger partial charge < -0.3 is 19.5 Å². The molecule has 1 heterocycles. The number of ether oxygens (including phenoxy) is 1. The van der Waals surface area contributed by atoms with Gasteiger partial charge in [-0.15, -0.1) is 0 Å². The van der Waals surface area contributed by atoms with Gasteiger partial charge >= 0.3 is 0 Å². The zero-order chi connectivity index (χ0) is 16.8. The first-order valence-corrected chi connectivity index (χ1v) is 7.20. The molecule has 23 heavy (non-hydrogen) atoms. The fourth-order valence-electron chi connectivity index (χ4n) is 2.06. The second kappa shape index (κ2) is 7.44. The third-order valence-corrected chi connectivity index (χ3v) is 3.22. The summed E-state index contributed by atoms with van der Waals surface area (Å²) in [5.41, 5.74) is 1.17. The van der Waals surface area contributed by atoms with Gasteiger partial charge in [0.25, 0.3) is 5.91 Å². The number of methoxy groups -OCH3 is 1. The second-order valence-corrected chi connectivity index (χ2v) is 4.90. The van der Waals surface area contributed by atoms with Crippen molar-refractivity contribution < 1.29 is 18.8 Å². The number of nitrogens with one attached hydrogen (secondary N) is 1. The minimum Gasteiger partial charge on any atom is -0.495 e. The fourth-order valence-corrected chi connectivity index (χ4v) is 2.06. The molecular weight excluding hydrogens is 298 g/mol. The Kier molecular flexibility index (Phi) is 5.35. The molecule has 0 aliphatic carbocycles. The first-order valence-electron chi connectivity index (χ1n) is 7.20. The summed E-state index contributed by atoms with van der Waals surface area (Å²) in [5, 5.41) is 6.42. The van der Waals surface area contributed by atoms with E-state index in [9.17, 15) is 9.59 Å². The van der Waals surface area contributed by atoms with Gasteiger partial charge in [-0.05, 0) is 26.0 Å². The summed E-state index contributed by atoms with van der Waals surface area (Å²) in [6.45, 7) is 3.80. The van der Waals surface area contributed by atoms with Crippen LogP contribution < -0.4 is 10.1 Å². The van der Waals surface area contributed by atoms with Crippen LogP contribution in [0.5, 0.6) is 5.75 Å².